The fourth-order valence-electron chi connectivity index (χ4n) is 9.30. The highest BCUT2D eigenvalue weighted by atomic mass is 15.2. The Labute approximate surface area is 304 Å². The van der Waals surface area contributed by atoms with Gasteiger partial charge in [-0.25, -0.2) is 0 Å². The molecule has 7 aromatic rings. The van der Waals surface area contributed by atoms with E-state index in [2.05, 4.69) is 204 Å². The van der Waals surface area contributed by atoms with Gasteiger partial charge in [0.15, 0.2) is 0 Å². The van der Waals surface area contributed by atoms with Crippen LogP contribution < -0.4 is 9.80 Å². The van der Waals surface area contributed by atoms with Gasteiger partial charge in [-0.3, -0.25) is 0 Å². The lowest BCUT2D eigenvalue weighted by Crippen LogP contribution is -2.35. The molecular weight excluding hydrogens is 631 g/mol. The van der Waals surface area contributed by atoms with Crippen LogP contribution in [0.25, 0.3) is 45.7 Å². The lowest BCUT2D eigenvalue weighted by atomic mass is 9.74. The average Bonchev–Trinajstić information content (AvgIpc) is 3.29. The summed E-state index contributed by atoms with van der Waals surface area (Å²) >= 11 is 0. The van der Waals surface area contributed by atoms with Gasteiger partial charge in [0, 0.05) is 39.2 Å². The van der Waals surface area contributed by atoms with E-state index in [1.807, 2.05) is 0 Å². The molecule has 1 aromatic heterocycles. The predicted octanol–water partition coefficient (Wildman–Crippen LogP) is 12.7. The van der Waals surface area contributed by atoms with Crippen molar-refractivity contribution < 1.29 is 0 Å². The third-order valence-electron chi connectivity index (χ3n) is 11.8. The molecule has 52 heavy (non-hydrogen) atoms. The number of para-hydroxylation sites is 4. The summed E-state index contributed by atoms with van der Waals surface area (Å²) in [7, 11) is 0. The maximum Gasteiger partial charge on any atom is 0.0623 e. The van der Waals surface area contributed by atoms with Crippen LogP contribution in [0.3, 0.4) is 0 Å². The van der Waals surface area contributed by atoms with Gasteiger partial charge in [-0.05, 0) is 82.4 Å². The Morgan fingerprint density at radius 2 is 1.12 bits per heavy atom. The summed E-state index contributed by atoms with van der Waals surface area (Å²) in [6.07, 6.45) is 18.3. The van der Waals surface area contributed by atoms with E-state index in [4.69, 9.17) is 0 Å². The average molecular weight is 668 g/mol. The van der Waals surface area contributed by atoms with E-state index in [0.29, 0.717) is 0 Å². The summed E-state index contributed by atoms with van der Waals surface area (Å²) < 4.78 is 2.53. The van der Waals surface area contributed by atoms with Gasteiger partial charge in [-0.1, -0.05) is 135 Å². The first-order valence-corrected chi connectivity index (χ1v) is 18.4. The zero-order valence-electron chi connectivity index (χ0n) is 29.2. The number of allylic oxidation sites excluding steroid dienone is 2. The molecular formula is C49H37N3. The Balaban J connectivity index is 1.23. The molecule has 2 unspecified atom stereocenters. The molecule has 0 spiro atoms. The summed E-state index contributed by atoms with van der Waals surface area (Å²) in [6, 6.07) is 47.6. The number of anilines is 5. The lowest BCUT2D eigenvalue weighted by Gasteiger charge is -2.38. The highest BCUT2D eigenvalue weighted by Crippen LogP contribution is 2.52. The maximum absolute atomic E-state index is 2.59. The van der Waals surface area contributed by atoms with Crippen molar-refractivity contribution in [3.63, 3.8) is 0 Å². The Morgan fingerprint density at radius 1 is 0.500 bits per heavy atom. The molecule has 0 N–H and O–H groups in total. The third kappa shape index (κ3) is 4.08. The van der Waals surface area contributed by atoms with E-state index in [9.17, 15) is 0 Å². The van der Waals surface area contributed by atoms with Crippen LogP contribution in [0.5, 0.6) is 0 Å². The number of aromatic nitrogens is 1. The van der Waals surface area contributed by atoms with Crippen molar-refractivity contribution in [2.75, 3.05) is 9.80 Å². The van der Waals surface area contributed by atoms with Crippen molar-refractivity contribution in [3.05, 3.63) is 186 Å². The van der Waals surface area contributed by atoms with Crippen LogP contribution in [0.2, 0.25) is 0 Å². The highest BCUT2D eigenvalue weighted by molar-refractivity contribution is 6.14. The number of hydrogen-bond donors (Lipinski definition) is 0. The first-order chi connectivity index (χ1) is 25.6. The van der Waals surface area contributed by atoms with Crippen molar-refractivity contribution in [2.45, 2.75) is 25.3 Å². The van der Waals surface area contributed by atoms with E-state index in [1.165, 1.54) is 78.1 Å². The molecule has 0 amide bonds. The number of hydrogen-bond acceptors (Lipinski definition) is 2. The molecule has 0 saturated carbocycles. The molecule has 4 heterocycles. The molecule has 2 atom stereocenters. The zero-order chi connectivity index (χ0) is 34.6. The topological polar surface area (TPSA) is 11.4 Å². The molecule has 3 nitrogen and oxygen atoms in total. The maximum atomic E-state index is 2.59. The van der Waals surface area contributed by atoms with E-state index in [1.54, 1.807) is 0 Å². The molecule has 4 aliphatic rings. The smallest absolute Gasteiger partial charge is 0.0623 e. The minimum Gasteiger partial charge on any atom is -0.333 e. The van der Waals surface area contributed by atoms with Crippen LogP contribution >= 0.6 is 0 Å². The molecule has 11 rings (SSSR count). The minimum absolute atomic E-state index is 0.162. The Hall–Kier alpha value is -6.32. The first-order valence-electron chi connectivity index (χ1n) is 18.4. The Morgan fingerprint density at radius 3 is 1.87 bits per heavy atom. The molecule has 0 fully saturated rings. The van der Waals surface area contributed by atoms with Gasteiger partial charge in [0.25, 0.3) is 0 Å². The standard InChI is InChI=1S/C49H37N3/c1-49(2)40-17-7-12-22-47(40)52-46-28-27-36(50-42-18-8-3-13-32(42)23-24-33-14-4-9-19-43(33)50)29-38(46)39-30-37(31-41(49)48(39)52)51-44-20-10-5-15-34(44)25-26-35-16-6-11-21-45(35)51/h3-31,34,44H,1-2H3. The van der Waals surface area contributed by atoms with Gasteiger partial charge in [0.1, 0.15) is 0 Å². The van der Waals surface area contributed by atoms with Gasteiger partial charge in [0.2, 0.25) is 0 Å². The quantitative estimate of drug-likeness (QED) is 0.182. The second-order valence-electron chi connectivity index (χ2n) is 15.0. The fraction of sp³-hybridized carbons (Fsp3) is 0.102. The second kappa shape index (κ2) is 10.8. The molecule has 1 aliphatic carbocycles. The molecule has 0 bridgehead atoms. The van der Waals surface area contributed by atoms with Crippen LogP contribution in [0.15, 0.2) is 158 Å². The van der Waals surface area contributed by atoms with Gasteiger partial charge < -0.3 is 14.4 Å². The van der Waals surface area contributed by atoms with E-state index >= 15 is 0 Å². The number of benzene rings is 6. The van der Waals surface area contributed by atoms with Crippen LogP contribution in [0.1, 0.15) is 41.7 Å². The fourth-order valence-corrected chi connectivity index (χ4v) is 9.30. The highest BCUT2D eigenvalue weighted by Gasteiger charge is 2.37. The van der Waals surface area contributed by atoms with Crippen molar-refractivity contribution in [2.24, 2.45) is 5.92 Å². The van der Waals surface area contributed by atoms with Gasteiger partial charge in [-0.2, -0.15) is 0 Å². The lowest BCUT2D eigenvalue weighted by molar-refractivity contribution is 0.628. The summed E-state index contributed by atoms with van der Waals surface area (Å²) in [5.74, 6) is 0.267. The monoisotopic (exact) mass is 667 g/mol. The predicted molar refractivity (Wildman–Crippen MR) is 220 cm³/mol. The van der Waals surface area contributed by atoms with E-state index < -0.39 is 0 Å². The minimum atomic E-state index is -0.211. The van der Waals surface area contributed by atoms with Crippen molar-refractivity contribution in [1.29, 1.82) is 0 Å². The Kier molecular flexibility index (Phi) is 6.13. The summed E-state index contributed by atoms with van der Waals surface area (Å²) in [5, 5.41) is 2.54. The first kappa shape index (κ1) is 29.4. The van der Waals surface area contributed by atoms with Crippen molar-refractivity contribution in [1.82, 2.24) is 4.57 Å². The van der Waals surface area contributed by atoms with E-state index in [-0.39, 0.29) is 17.4 Å². The number of rotatable bonds is 2. The molecule has 0 saturated heterocycles. The third-order valence-corrected chi connectivity index (χ3v) is 11.8. The summed E-state index contributed by atoms with van der Waals surface area (Å²) in [4.78, 5) is 5.03. The van der Waals surface area contributed by atoms with Crippen molar-refractivity contribution >= 4 is 68.5 Å². The summed E-state index contributed by atoms with van der Waals surface area (Å²) in [5.41, 5.74) is 15.9. The number of nitrogens with zero attached hydrogens (tertiary/aromatic N) is 3. The van der Waals surface area contributed by atoms with Crippen LogP contribution in [-0.2, 0) is 5.41 Å². The molecule has 3 heteroatoms. The molecule has 6 aromatic carbocycles. The van der Waals surface area contributed by atoms with Gasteiger partial charge >= 0.3 is 0 Å². The van der Waals surface area contributed by atoms with E-state index in [0.717, 1.165) is 5.69 Å². The van der Waals surface area contributed by atoms with Crippen LogP contribution in [0, 0.1) is 5.92 Å². The molecule has 0 radical (unpaired) electrons. The summed E-state index contributed by atoms with van der Waals surface area (Å²) in [6.45, 7) is 4.80. The van der Waals surface area contributed by atoms with Gasteiger partial charge in [-0.15, -0.1) is 0 Å². The largest absolute Gasteiger partial charge is 0.333 e. The number of fused-ring (bicyclic) bond motifs is 9. The van der Waals surface area contributed by atoms with Gasteiger partial charge in [0.05, 0.1) is 34.1 Å². The Bertz CT molecular complexity index is 2700. The molecule has 248 valence electrons. The van der Waals surface area contributed by atoms with Crippen molar-refractivity contribution in [3.8, 4) is 5.69 Å². The SMILES string of the molecule is CC1(C)c2ccccc2-n2c3ccc(N4c5ccccc5C=Cc5ccccc54)cc3c3cc(N4c5ccccc5C=CC5C=CC=CC54)cc1c32. The zero-order valence-corrected chi connectivity index (χ0v) is 29.2. The van der Waals surface area contributed by atoms with Crippen LogP contribution in [0.4, 0.5) is 28.4 Å². The normalized spacial score (nSPS) is 18.7. The molecule has 3 aliphatic heterocycles. The second-order valence-corrected chi connectivity index (χ2v) is 15.0. The van der Waals surface area contributed by atoms with Crippen LogP contribution in [-0.4, -0.2) is 10.6 Å².